The summed E-state index contributed by atoms with van der Waals surface area (Å²) in [7, 11) is 2.03. The second-order valence-electron chi connectivity index (χ2n) is 6.62. The minimum Gasteiger partial charge on any atom is -0.208 e. The van der Waals surface area contributed by atoms with Crippen LogP contribution in [-0.2, 0) is 13.6 Å². The van der Waals surface area contributed by atoms with Crippen LogP contribution in [0.4, 0.5) is 0 Å². The van der Waals surface area contributed by atoms with Gasteiger partial charge in [0.05, 0.1) is 0 Å². The highest BCUT2D eigenvalue weighted by molar-refractivity contribution is 5.82. The molecule has 4 rings (SSSR count). The molecule has 2 heteroatoms. The Morgan fingerprint density at radius 3 is 2.00 bits per heavy atom. The highest BCUT2D eigenvalue weighted by Crippen LogP contribution is 2.15. The van der Waals surface area contributed by atoms with Crippen LogP contribution in [-0.4, -0.2) is 0 Å². The lowest BCUT2D eigenvalue weighted by atomic mass is 10.1. The van der Waals surface area contributed by atoms with Crippen LogP contribution in [0.3, 0.4) is 0 Å². The Hall–Kier alpha value is -3.26. The molecule has 0 amide bonds. The highest BCUT2D eigenvalue weighted by atomic mass is 14.9. The van der Waals surface area contributed by atoms with Gasteiger partial charge in [0.15, 0.2) is 31.3 Å². The SMILES string of the molecule is C[n+]1ccc(/C=C/c2cc[n+](Cc3ccc4ccccc4c3)cc2)cc1. The number of rotatable bonds is 4. The first-order valence-corrected chi connectivity index (χ1v) is 8.86. The molecule has 0 bridgehead atoms. The van der Waals surface area contributed by atoms with Gasteiger partial charge in [-0.1, -0.05) is 48.6 Å². The molecule has 0 N–H and O–H groups in total. The Morgan fingerprint density at radius 1 is 0.692 bits per heavy atom. The Kier molecular flexibility index (Phi) is 4.57. The second kappa shape index (κ2) is 7.32. The zero-order chi connectivity index (χ0) is 17.8. The molecule has 2 nitrogen and oxygen atoms in total. The number of benzene rings is 2. The van der Waals surface area contributed by atoms with Crippen molar-refractivity contribution in [1.29, 1.82) is 0 Å². The van der Waals surface area contributed by atoms with Crippen LogP contribution in [0.5, 0.6) is 0 Å². The van der Waals surface area contributed by atoms with Crippen molar-refractivity contribution in [3.63, 3.8) is 0 Å². The first-order valence-electron chi connectivity index (χ1n) is 8.86. The number of aromatic nitrogens is 2. The Bertz CT molecular complexity index is 1050. The van der Waals surface area contributed by atoms with E-state index in [4.69, 9.17) is 0 Å². The summed E-state index contributed by atoms with van der Waals surface area (Å²) >= 11 is 0. The molecule has 0 aliphatic carbocycles. The first-order chi connectivity index (χ1) is 12.8. The molecule has 0 unspecified atom stereocenters. The van der Waals surface area contributed by atoms with Gasteiger partial charge in [0.25, 0.3) is 0 Å². The monoisotopic (exact) mass is 338 g/mol. The van der Waals surface area contributed by atoms with Gasteiger partial charge in [-0.3, -0.25) is 0 Å². The molecule has 0 fully saturated rings. The number of pyridine rings is 2. The summed E-state index contributed by atoms with van der Waals surface area (Å²) < 4.78 is 4.25. The Morgan fingerprint density at radius 2 is 1.31 bits per heavy atom. The molecule has 26 heavy (non-hydrogen) atoms. The summed E-state index contributed by atoms with van der Waals surface area (Å²) in [6.07, 6.45) is 12.7. The van der Waals surface area contributed by atoms with Gasteiger partial charge in [0, 0.05) is 29.8 Å². The van der Waals surface area contributed by atoms with Crippen molar-refractivity contribution < 1.29 is 9.13 Å². The van der Waals surface area contributed by atoms with Crippen LogP contribution in [0.25, 0.3) is 22.9 Å². The summed E-state index contributed by atoms with van der Waals surface area (Å²) in [5.41, 5.74) is 3.72. The molecule has 0 aliphatic rings. The maximum Gasteiger partial charge on any atom is 0.173 e. The predicted molar refractivity (Wildman–Crippen MR) is 106 cm³/mol. The zero-order valence-electron chi connectivity index (χ0n) is 14.9. The van der Waals surface area contributed by atoms with E-state index in [1.54, 1.807) is 0 Å². The van der Waals surface area contributed by atoms with Gasteiger partial charge in [0.1, 0.15) is 7.05 Å². The Balaban J connectivity index is 1.47. The van der Waals surface area contributed by atoms with Crippen molar-refractivity contribution in [3.05, 3.63) is 108 Å². The van der Waals surface area contributed by atoms with Gasteiger partial charge in [-0.25, -0.2) is 9.13 Å². The molecule has 0 saturated heterocycles. The molecule has 2 aromatic carbocycles. The minimum absolute atomic E-state index is 0.879. The molecule has 0 aliphatic heterocycles. The van der Waals surface area contributed by atoms with E-state index < -0.39 is 0 Å². The van der Waals surface area contributed by atoms with Gasteiger partial charge in [-0.05, 0) is 28.0 Å². The molecule has 4 aromatic rings. The van der Waals surface area contributed by atoms with E-state index in [0.29, 0.717) is 0 Å². The molecule has 2 heterocycles. The van der Waals surface area contributed by atoms with E-state index in [-0.39, 0.29) is 0 Å². The van der Waals surface area contributed by atoms with Crippen LogP contribution < -0.4 is 9.13 Å². The average molecular weight is 338 g/mol. The first kappa shape index (κ1) is 16.2. The lowest BCUT2D eigenvalue weighted by molar-refractivity contribution is -0.688. The minimum atomic E-state index is 0.879. The van der Waals surface area contributed by atoms with Gasteiger partial charge in [-0.15, -0.1) is 0 Å². The van der Waals surface area contributed by atoms with E-state index in [9.17, 15) is 0 Å². The fraction of sp³-hybridized carbons (Fsp3) is 0.0833. The Labute approximate surface area is 154 Å². The number of nitrogens with zero attached hydrogens (tertiary/aromatic N) is 2. The van der Waals surface area contributed by atoms with Crippen molar-refractivity contribution in [2.45, 2.75) is 6.54 Å². The van der Waals surface area contributed by atoms with Gasteiger partial charge >= 0.3 is 0 Å². The van der Waals surface area contributed by atoms with Crippen molar-refractivity contribution >= 4 is 22.9 Å². The zero-order valence-corrected chi connectivity index (χ0v) is 14.9. The maximum atomic E-state index is 2.27. The van der Waals surface area contributed by atoms with E-state index >= 15 is 0 Å². The van der Waals surface area contributed by atoms with E-state index in [0.717, 1.165) is 6.54 Å². The van der Waals surface area contributed by atoms with Gasteiger partial charge in [0.2, 0.25) is 0 Å². The molecule has 0 saturated carbocycles. The van der Waals surface area contributed by atoms with E-state index in [2.05, 4.69) is 108 Å². The highest BCUT2D eigenvalue weighted by Gasteiger charge is 2.03. The molecule has 0 atom stereocenters. The fourth-order valence-corrected chi connectivity index (χ4v) is 3.05. The van der Waals surface area contributed by atoms with Crippen molar-refractivity contribution in [2.75, 3.05) is 0 Å². The maximum absolute atomic E-state index is 2.27. The third kappa shape index (κ3) is 3.86. The third-order valence-corrected chi connectivity index (χ3v) is 4.57. The van der Waals surface area contributed by atoms with Crippen LogP contribution in [0, 0.1) is 0 Å². The van der Waals surface area contributed by atoms with E-state index in [1.807, 2.05) is 11.6 Å². The lowest BCUT2D eigenvalue weighted by Crippen LogP contribution is -2.33. The second-order valence-corrected chi connectivity index (χ2v) is 6.62. The lowest BCUT2D eigenvalue weighted by Gasteiger charge is -2.02. The molecule has 2 aromatic heterocycles. The van der Waals surface area contributed by atoms with Crippen LogP contribution >= 0.6 is 0 Å². The largest absolute Gasteiger partial charge is 0.208 e. The number of aryl methyl sites for hydroxylation is 1. The van der Waals surface area contributed by atoms with Crippen molar-refractivity contribution in [1.82, 2.24) is 0 Å². The summed E-state index contributed by atoms with van der Waals surface area (Å²) in [5.74, 6) is 0. The summed E-state index contributed by atoms with van der Waals surface area (Å²) in [5, 5.41) is 2.58. The fourth-order valence-electron chi connectivity index (χ4n) is 3.05. The molecule has 0 spiro atoms. The summed E-state index contributed by atoms with van der Waals surface area (Å²) in [4.78, 5) is 0. The van der Waals surface area contributed by atoms with Crippen molar-refractivity contribution in [3.8, 4) is 0 Å². The molecular formula is C24H22N2+2. The van der Waals surface area contributed by atoms with Crippen LogP contribution in [0.1, 0.15) is 16.7 Å². The van der Waals surface area contributed by atoms with Crippen molar-refractivity contribution in [2.24, 2.45) is 7.05 Å². The van der Waals surface area contributed by atoms with E-state index in [1.165, 1.54) is 27.5 Å². The van der Waals surface area contributed by atoms with Crippen LogP contribution in [0.2, 0.25) is 0 Å². The number of hydrogen-bond acceptors (Lipinski definition) is 0. The third-order valence-electron chi connectivity index (χ3n) is 4.57. The number of hydrogen-bond donors (Lipinski definition) is 0. The topological polar surface area (TPSA) is 7.76 Å². The summed E-state index contributed by atoms with van der Waals surface area (Å²) in [6.45, 7) is 0.879. The molecular weight excluding hydrogens is 316 g/mol. The number of fused-ring (bicyclic) bond motifs is 1. The quantitative estimate of drug-likeness (QED) is 0.493. The van der Waals surface area contributed by atoms with Crippen LogP contribution in [0.15, 0.2) is 91.5 Å². The standard InChI is InChI=1S/C24H22N2/c1-25-14-10-20(11-15-25)6-7-21-12-16-26(17-13-21)19-22-8-9-23-4-2-3-5-24(23)18-22/h2-18H,19H2,1H3/q+2/b7-6+. The molecule has 126 valence electrons. The van der Waals surface area contributed by atoms with Gasteiger partial charge in [-0.2, -0.15) is 0 Å². The summed E-state index contributed by atoms with van der Waals surface area (Å²) in [6, 6.07) is 23.7. The van der Waals surface area contributed by atoms with Gasteiger partial charge < -0.3 is 0 Å². The predicted octanol–water partition coefficient (Wildman–Crippen LogP) is 4.17. The smallest absolute Gasteiger partial charge is 0.173 e. The average Bonchev–Trinajstić information content (AvgIpc) is 2.69. The normalized spacial score (nSPS) is 11.3. The molecule has 0 radical (unpaired) electrons.